The Morgan fingerprint density at radius 2 is 1.92 bits per heavy atom. The van der Waals surface area contributed by atoms with Gasteiger partial charge in [-0.2, -0.15) is 0 Å². The molecule has 1 spiro atoms. The predicted octanol–water partition coefficient (Wildman–Crippen LogP) is 1.21. The predicted molar refractivity (Wildman–Crippen MR) is 51.0 cm³/mol. The van der Waals surface area contributed by atoms with Crippen LogP contribution in [0.15, 0.2) is 0 Å². The first kappa shape index (κ1) is 8.52. The van der Waals surface area contributed by atoms with Crippen LogP contribution in [0, 0.1) is 5.41 Å². The lowest BCUT2D eigenvalue weighted by atomic mass is 9.59. The molecule has 0 radical (unpaired) electrons. The molecule has 2 aliphatic rings. The molecule has 2 heteroatoms. The van der Waals surface area contributed by atoms with Crippen LogP contribution in [0.4, 0.5) is 0 Å². The standard InChI is InChI=1S/C10H20N2/c1-9(2,3)12-6-10(7-12)5-4-8(10)11/h8H,4-7,11H2,1-3H3. The monoisotopic (exact) mass is 168 g/mol. The second kappa shape index (κ2) is 2.24. The van der Waals surface area contributed by atoms with Gasteiger partial charge in [-0.1, -0.05) is 0 Å². The van der Waals surface area contributed by atoms with Crippen molar-refractivity contribution in [3.8, 4) is 0 Å². The highest BCUT2D eigenvalue weighted by atomic mass is 15.3. The Balaban J connectivity index is 1.91. The number of hydrogen-bond donors (Lipinski definition) is 1. The van der Waals surface area contributed by atoms with Crippen LogP contribution in [0.25, 0.3) is 0 Å². The van der Waals surface area contributed by atoms with E-state index in [0.717, 1.165) is 0 Å². The average Bonchev–Trinajstić information content (AvgIpc) is 1.78. The molecule has 0 amide bonds. The van der Waals surface area contributed by atoms with Gasteiger partial charge in [0.25, 0.3) is 0 Å². The maximum atomic E-state index is 6.00. The molecule has 1 heterocycles. The summed E-state index contributed by atoms with van der Waals surface area (Å²) in [6.45, 7) is 9.31. The Labute approximate surface area is 75.1 Å². The lowest BCUT2D eigenvalue weighted by Crippen LogP contribution is -2.72. The fourth-order valence-electron chi connectivity index (χ4n) is 2.30. The molecule has 0 aromatic heterocycles. The van der Waals surface area contributed by atoms with Crippen LogP contribution in [0.1, 0.15) is 33.6 Å². The molecule has 2 rings (SSSR count). The lowest BCUT2D eigenvalue weighted by Gasteiger charge is -2.63. The van der Waals surface area contributed by atoms with E-state index in [1.807, 2.05) is 0 Å². The van der Waals surface area contributed by atoms with Gasteiger partial charge in [-0.3, -0.25) is 4.90 Å². The molecule has 1 unspecified atom stereocenters. The fraction of sp³-hybridized carbons (Fsp3) is 1.00. The quantitative estimate of drug-likeness (QED) is 0.589. The van der Waals surface area contributed by atoms with Gasteiger partial charge < -0.3 is 5.73 Å². The average molecular weight is 168 g/mol. The third-order valence-corrected chi connectivity index (χ3v) is 3.70. The third kappa shape index (κ3) is 1.01. The summed E-state index contributed by atoms with van der Waals surface area (Å²) in [5.41, 5.74) is 6.88. The second-order valence-electron chi connectivity index (χ2n) is 5.53. The molecule has 1 aliphatic carbocycles. The molecule has 2 N–H and O–H groups in total. The third-order valence-electron chi connectivity index (χ3n) is 3.70. The molecular formula is C10H20N2. The van der Waals surface area contributed by atoms with Gasteiger partial charge in [0, 0.05) is 30.1 Å². The SMILES string of the molecule is CC(C)(C)N1CC2(CCC2N)C1. The van der Waals surface area contributed by atoms with Crippen molar-refractivity contribution < 1.29 is 0 Å². The largest absolute Gasteiger partial charge is 0.327 e. The Hall–Kier alpha value is -0.0800. The summed E-state index contributed by atoms with van der Waals surface area (Å²) < 4.78 is 0. The van der Waals surface area contributed by atoms with Crippen molar-refractivity contribution in [3.05, 3.63) is 0 Å². The Kier molecular flexibility index (Phi) is 1.59. The highest BCUT2D eigenvalue weighted by molar-refractivity contribution is 5.10. The van der Waals surface area contributed by atoms with Gasteiger partial charge in [0.15, 0.2) is 0 Å². The smallest absolute Gasteiger partial charge is 0.0125 e. The molecule has 1 atom stereocenters. The summed E-state index contributed by atoms with van der Waals surface area (Å²) in [4.78, 5) is 2.53. The molecular weight excluding hydrogens is 148 g/mol. The van der Waals surface area contributed by atoms with Crippen molar-refractivity contribution in [2.75, 3.05) is 13.1 Å². The summed E-state index contributed by atoms with van der Waals surface area (Å²) in [7, 11) is 0. The molecule has 1 aliphatic heterocycles. The number of nitrogens with zero attached hydrogens (tertiary/aromatic N) is 1. The summed E-state index contributed by atoms with van der Waals surface area (Å²) in [5, 5.41) is 0. The molecule has 12 heavy (non-hydrogen) atoms. The van der Waals surface area contributed by atoms with E-state index in [9.17, 15) is 0 Å². The van der Waals surface area contributed by atoms with E-state index < -0.39 is 0 Å². The molecule has 1 saturated carbocycles. The van der Waals surface area contributed by atoms with Crippen molar-refractivity contribution in [1.29, 1.82) is 0 Å². The maximum Gasteiger partial charge on any atom is 0.0125 e. The van der Waals surface area contributed by atoms with Crippen molar-refractivity contribution in [1.82, 2.24) is 4.90 Å². The number of likely N-dealkylation sites (tertiary alicyclic amines) is 1. The van der Waals surface area contributed by atoms with Crippen LogP contribution in [0.3, 0.4) is 0 Å². The number of rotatable bonds is 0. The zero-order valence-corrected chi connectivity index (χ0v) is 8.43. The highest BCUT2D eigenvalue weighted by Crippen LogP contribution is 2.49. The molecule has 0 bridgehead atoms. The zero-order chi connectivity index (χ0) is 8.98. The van der Waals surface area contributed by atoms with E-state index in [-0.39, 0.29) is 0 Å². The van der Waals surface area contributed by atoms with E-state index in [4.69, 9.17) is 5.73 Å². The molecule has 70 valence electrons. The molecule has 1 saturated heterocycles. The van der Waals surface area contributed by atoms with Crippen LogP contribution in [0.2, 0.25) is 0 Å². The summed E-state index contributed by atoms with van der Waals surface area (Å²) in [5.74, 6) is 0. The van der Waals surface area contributed by atoms with E-state index in [1.165, 1.54) is 25.9 Å². The van der Waals surface area contributed by atoms with Gasteiger partial charge in [0.2, 0.25) is 0 Å². The van der Waals surface area contributed by atoms with Crippen LogP contribution in [-0.2, 0) is 0 Å². The highest BCUT2D eigenvalue weighted by Gasteiger charge is 2.54. The number of nitrogens with two attached hydrogens (primary N) is 1. The topological polar surface area (TPSA) is 29.3 Å². The molecule has 2 nitrogen and oxygen atoms in total. The summed E-state index contributed by atoms with van der Waals surface area (Å²) in [6, 6.07) is 0.496. The lowest BCUT2D eigenvalue weighted by molar-refractivity contribution is -0.117. The van der Waals surface area contributed by atoms with Gasteiger partial charge in [-0.25, -0.2) is 0 Å². The van der Waals surface area contributed by atoms with Gasteiger partial charge in [0.05, 0.1) is 0 Å². The van der Waals surface area contributed by atoms with Crippen LogP contribution >= 0.6 is 0 Å². The summed E-state index contributed by atoms with van der Waals surface area (Å²) in [6.07, 6.45) is 2.61. The summed E-state index contributed by atoms with van der Waals surface area (Å²) >= 11 is 0. The minimum Gasteiger partial charge on any atom is -0.327 e. The van der Waals surface area contributed by atoms with E-state index in [0.29, 0.717) is 17.0 Å². The minimum atomic E-state index is 0.348. The Morgan fingerprint density at radius 1 is 1.33 bits per heavy atom. The van der Waals surface area contributed by atoms with E-state index in [2.05, 4.69) is 25.7 Å². The van der Waals surface area contributed by atoms with Gasteiger partial charge in [-0.05, 0) is 33.6 Å². The zero-order valence-electron chi connectivity index (χ0n) is 8.43. The maximum absolute atomic E-state index is 6.00. The van der Waals surface area contributed by atoms with Crippen molar-refractivity contribution in [2.24, 2.45) is 11.1 Å². The van der Waals surface area contributed by atoms with E-state index in [1.54, 1.807) is 0 Å². The Bertz CT molecular complexity index is 187. The minimum absolute atomic E-state index is 0.348. The first-order chi connectivity index (χ1) is 5.44. The van der Waals surface area contributed by atoms with Gasteiger partial charge in [-0.15, -0.1) is 0 Å². The molecule has 0 aromatic carbocycles. The van der Waals surface area contributed by atoms with Crippen molar-refractivity contribution >= 4 is 0 Å². The van der Waals surface area contributed by atoms with Gasteiger partial charge >= 0.3 is 0 Å². The van der Waals surface area contributed by atoms with Crippen LogP contribution in [-0.4, -0.2) is 29.6 Å². The van der Waals surface area contributed by atoms with Gasteiger partial charge in [0.1, 0.15) is 0 Å². The van der Waals surface area contributed by atoms with Crippen molar-refractivity contribution in [3.63, 3.8) is 0 Å². The first-order valence-corrected chi connectivity index (χ1v) is 4.95. The second-order valence-corrected chi connectivity index (χ2v) is 5.53. The Morgan fingerprint density at radius 3 is 2.17 bits per heavy atom. The van der Waals surface area contributed by atoms with Crippen LogP contribution in [0.5, 0.6) is 0 Å². The van der Waals surface area contributed by atoms with Crippen LogP contribution < -0.4 is 5.73 Å². The molecule has 2 fully saturated rings. The van der Waals surface area contributed by atoms with Crippen molar-refractivity contribution in [2.45, 2.75) is 45.2 Å². The number of hydrogen-bond acceptors (Lipinski definition) is 2. The molecule has 0 aromatic rings. The fourth-order valence-corrected chi connectivity index (χ4v) is 2.30. The first-order valence-electron chi connectivity index (χ1n) is 4.95. The van der Waals surface area contributed by atoms with E-state index >= 15 is 0 Å². The normalized spacial score (nSPS) is 34.5.